The van der Waals surface area contributed by atoms with E-state index in [-0.39, 0.29) is 24.4 Å². The first-order valence-corrected chi connectivity index (χ1v) is 6.34. The third-order valence-corrected chi connectivity index (χ3v) is 3.38. The Balaban J connectivity index is 0.00000180. The predicted molar refractivity (Wildman–Crippen MR) is 78.7 cm³/mol. The molecule has 1 aliphatic heterocycles. The molecule has 2 N–H and O–H groups in total. The molecule has 1 amide bonds. The number of rotatable bonds is 2. The van der Waals surface area contributed by atoms with Gasteiger partial charge in [-0.05, 0) is 30.7 Å². The SMILES string of the molecule is CC(=O)N1CCC(Oc2ccc(N)cc2C)CC1.Cl. The van der Waals surface area contributed by atoms with Gasteiger partial charge in [0.25, 0.3) is 0 Å². The summed E-state index contributed by atoms with van der Waals surface area (Å²) in [6, 6.07) is 5.69. The molecular formula is C14H21ClN2O2. The van der Waals surface area contributed by atoms with Gasteiger partial charge in [0.2, 0.25) is 5.91 Å². The van der Waals surface area contributed by atoms with Gasteiger partial charge in [0, 0.05) is 38.5 Å². The number of anilines is 1. The van der Waals surface area contributed by atoms with Gasteiger partial charge < -0.3 is 15.4 Å². The highest BCUT2D eigenvalue weighted by Gasteiger charge is 2.22. The van der Waals surface area contributed by atoms with E-state index >= 15 is 0 Å². The first-order valence-electron chi connectivity index (χ1n) is 6.34. The number of ether oxygens (including phenoxy) is 1. The highest BCUT2D eigenvalue weighted by atomic mass is 35.5. The average Bonchev–Trinajstić information content (AvgIpc) is 2.33. The maximum Gasteiger partial charge on any atom is 0.219 e. The number of nitrogens with zero attached hydrogens (tertiary/aromatic N) is 1. The molecule has 1 heterocycles. The number of carbonyl (C=O) groups excluding carboxylic acids is 1. The van der Waals surface area contributed by atoms with Crippen molar-refractivity contribution in [1.82, 2.24) is 4.90 Å². The van der Waals surface area contributed by atoms with Crippen LogP contribution >= 0.6 is 12.4 Å². The Labute approximate surface area is 120 Å². The quantitative estimate of drug-likeness (QED) is 0.849. The molecule has 106 valence electrons. The van der Waals surface area contributed by atoms with E-state index in [4.69, 9.17) is 10.5 Å². The molecule has 1 aliphatic rings. The Kier molecular flexibility index (Phi) is 5.48. The second-order valence-corrected chi connectivity index (χ2v) is 4.85. The first-order chi connectivity index (χ1) is 8.56. The van der Waals surface area contributed by atoms with Gasteiger partial charge in [-0.15, -0.1) is 12.4 Å². The molecule has 0 aromatic heterocycles. The van der Waals surface area contributed by atoms with Gasteiger partial charge in [0.1, 0.15) is 11.9 Å². The van der Waals surface area contributed by atoms with Crippen molar-refractivity contribution in [2.75, 3.05) is 18.8 Å². The molecule has 0 aliphatic carbocycles. The van der Waals surface area contributed by atoms with Gasteiger partial charge in [0.05, 0.1) is 0 Å². The highest BCUT2D eigenvalue weighted by Crippen LogP contribution is 2.24. The molecule has 1 aromatic carbocycles. The standard InChI is InChI=1S/C14H20N2O2.ClH/c1-10-9-12(15)3-4-14(10)18-13-5-7-16(8-6-13)11(2)17;/h3-4,9,13H,5-8,15H2,1-2H3;1H. The lowest BCUT2D eigenvalue weighted by molar-refractivity contribution is -0.130. The normalized spacial score (nSPS) is 15.8. The molecule has 0 saturated carbocycles. The smallest absolute Gasteiger partial charge is 0.219 e. The van der Waals surface area contributed by atoms with E-state index in [0.717, 1.165) is 42.9 Å². The summed E-state index contributed by atoms with van der Waals surface area (Å²) in [5.41, 5.74) is 7.53. The fourth-order valence-electron chi connectivity index (χ4n) is 2.27. The summed E-state index contributed by atoms with van der Waals surface area (Å²) in [6.07, 6.45) is 1.98. The fourth-order valence-corrected chi connectivity index (χ4v) is 2.27. The number of amides is 1. The second-order valence-electron chi connectivity index (χ2n) is 4.85. The van der Waals surface area contributed by atoms with Crippen LogP contribution in [0.5, 0.6) is 5.75 Å². The zero-order valence-corrected chi connectivity index (χ0v) is 12.2. The maximum atomic E-state index is 11.2. The van der Waals surface area contributed by atoms with E-state index in [1.165, 1.54) is 0 Å². The lowest BCUT2D eigenvalue weighted by Crippen LogP contribution is -2.40. The van der Waals surface area contributed by atoms with E-state index < -0.39 is 0 Å². The molecule has 1 aromatic rings. The molecule has 0 spiro atoms. The van der Waals surface area contributed by atoms with Crippen molar-refractivity contribution in [1.29, 1.82) is 0 Å². The number of benzene rings is 1. The zero-order chi connectivity index (χ0) is 13.1. The lowest BCUT2D eigenvalue weighted by Gasteiger charge is -2.31. The summed E-state index contributed by atoms with van der Waals surface area (Å²) in [4.78, 5) is 13.1. The third-order valence-electron chi connectivity index (χ3n) is 3.38. The Morgan fingerprint density at radius 3 is 2.53 bits per heavy atom. The number of hydrogen-bond acceptors (Lipinski definition) is 3. The molecule has 5 heteroatoms. The number of likely N-dealkylation sites (tertiary alicyclic amines) is 1. The molecule has 1 saturated heterocycles. The summed E-state index contributed by atoms with van der Waals surface area (Å²) in [5.74, 6) is 1.04. The molecule has 1 fully saturated rings. The van der Waals surface area contributed by atoms with Crippen molar-refractivity contribution < 1.29 is 9.53 Å². The van der Waals surface area contributed by atoms with Crippen LogP contribution in [-0.2, 0) is 4.79 Å². The van der Waals surface area contributed by atoms with Crippen LogP contribution in [0.3, 0.4) is 0 Å². The summed E-state index contributed by atoms with van der Waals surface area (Å²) < 4.78 is 5.98. The fraction of sp³-hybridized carbons (Fsp3) is 0.500. The first kappa shape index (κ1) is 15.6. The van der Waals surface area contributed by atoms with Crippen molar-refractivity contribution in [3.8, 4) is 5.75 Å². The van der Waals surface area contributed by atoms with Gasteiger partial charge in [-0.2, -0.15) is 0 Å². The number of carbonyl (C=O) groups is 1. The van der Waals surface area contributed by atoms with E-state index in [1.54, 1.807) is 6.92 Å². The van der Waals surface area contributed by atoms with Crippen molar-refractivity contribution >= 4 is 24.0 Å². The number of nitrogens with two attached hydrogens (primary N) is 1. The molecule has 0 atom stereocenters. The third kappa shape index (κ3) is 4.03. The van der Waals surface area contributed by atoms with Crippen molar-refractivity contribution in [3.63, 3.8) is 0 Å². The molecule has 2 rings (SSSR count). The molecule has 0 bridgehead atoms. The van der Waals surface area contributed by atoms with E-state index in [9.17, 15) is 4.79 Å². The van der Waals surface area contributed by atoms with Crippen LogP contribution in [0.2, 0.25) is 0 Å². The molecular weight excluding hydrogens is 264 g/mol. The lowest BCUT2D eigenvalue weighted by atomic mass is 10.1. The number of halogens is 1. The number of piperidine rings is 1. The minimum Gasteiger partial charge on any atom is -0.490 e. The monoisotopic (exact) mass is 284 g/mol. The molecule has 0 unspecified atom stereocenters. The summed E-state index contributed by atoms with van der Waals surface area (Å²) in [6.45, 7) is 5.18. The second kappa shape index (κ2) is 6.66. The van der Waals surface area contributed by atoms with Crippen LogP contribution in [0, 0.1) is 6.92 Å². The number of nitrogen functional groups attached to an aromatic ring is 1. The van der Waals surface area contributed by atoms with Crippen molar-refractivity contribution in [3.05, 3.63) is 23.8 Å². The minimum atomic E-state index is 0. The van der Waals surface area contributed by atoms with Crippen LogP contribution in [0.1, 0.15) is 25.3 Å². The van der Waals surface area contributed by atoms with Gasteiger partial charge >= 0.3 is 0 Å². The minimum absolute atomic E-state index is 0. The van der Waals surface area contributed by atoms with E-state index in [0.29, 0.717) is 0 Å². The van der Waals surface area contributed by atoms with Gasteiger partial charge in [-0.3, -0.25) is 4.79 Å². The summed E-state index contributed by atoms with van der Waals surface area (Å²) in [5, 5.41) is 0. The maximum absolute atomic E-state index is 11.2. The van der Waals surface area contributed by atoms with E-state index in [2.05, 4.69) is 0 Å². The Morgan fingerprint density at radius 2 is 2.00 bits per heavy atom. The Bertz CT molecular complexity index is 443. The average molecular weight is 285 g/mol. The molecule has 0 radical (unpaired) electrons. The summed E-state index contributed by atoms with van der Waals surface area (Å²) >= 11 is 0. The van der Waals surface area contributed by atoms with Gasteiger partial charge in [0.15, 0.2) is 0 Å². The Hall–Kier alpha value is -1.42. The molecule has 4 nitrogen and oxygen atoms in total. The zero-order valence-electron chi connectivity index (χ0n) is 11.4. The van der Waals surface area contributed by atoms with Crippen molar-refractivity contribution in [2.24, 2.45) is 0 Å². The van der Waals surface area contributed by atoms with Crippen LogP contribution in [0.4, 0.5) is 5.69 Å². The highest BCUT2D eigenvalue weighted by molar-refractivity contribution is 5.85. The van der Waals surface area contributed by atoms with Gasteiger partial charge in [-0.1, -0.05) is 0 Å². The largest absolute Gasteiger partial charge is 0.490 e. The summed E-state index contributed by atoms with van der Waals surface area (Å²) in [7, 11) is 0. The van der Waals surface area contributed by atoms with Crippen molar-refractivity contribution in [2.45, 2.75) is 32.8 Å². The van der Waals surface area contributed by atoms with Gasteiger partial charge in [-0.25, -0.2) is 0 Å². The van der Waals surface area contributed by atoms with Crippen LogP contribution in [0.15, 0.2) is 18.2 Å². The number of hydrogen-bond donors (Lipinski definition) is 1. The number of aryl methyl sites for hydroxylation is 1. The topological polar surface area (TPSA) is 55.6 Å². The van der Waals surface area contributed by atoms with Crippen LogP contribution < -0.4 is 10.5 Å². The Morgan fingerprint density at radius 1 is 1.37 bits per heavy atom. The van der Waals surface area contributed by atoms with Crippen LogP contribution in [-0.4, -0.2) is 30.0 Å². The molecule has 19 heavy (non-hydrogen) atoms. The van der Waals surface area contributed by atoms with Crippen LogP contribution in [0.25, 0.3) is 0 Å². The van der Waals surface area contributed by atoms with E-state index in [1.807, 2.05) is 30.0 Å². The predicted octanol–water partition coefficient (Wildman–Crippen LogP) is 2.39.